The van der Waals surface area contributed by atoms with Crippen molar-refractivity contribution >= 4 is 5.96 Å². The van der Waals surface area contributed by atoms with E-state index in [1.807, 2.05) is 31.2 Å². The lowest BCUT2D eigenvalue weighted by molar-refractivity contribution is 0.203. The van der Waals surface area contributed by atoms with Crippen LogP contribution in [0.4, 0.5) is 0 Å². The Morgan fingerprint density at radius 2 is 2.00 bits per heavy atom. The molecule has 0 bridgehead atoms. The molecule has 0 saturated carbocycles. The molecule has 0 saturated heterocycles. The van der Waals surface area contributed by atoms with Crippen molar-refractivity contribution in [2.45, 2.75) is 19.9 Å². The summed E-state index contributed by atoms with van der Waals surface area (Å²) in [4.78, 5) is 4.65. The van der Waals surface area contributed by atoms with E-state index in [1.54, 1.807) is 20.5 Å². The normalized spacial score (nSPS) is 11.4. The van der Waals surface area contributed by atoms with Gasteiger partial charge in [-0.3, -0.25) is 0 Å². The predicted octanol–water partition coefficient (Wildman–Crippen LogP) is 2.52. The molecule has 0 unspecified atom stereocenters. The van der Waals surface area contributed by atoms with Crippen LogP contribution in [-0.2, 0) is 17.7 Å². The van der Waals surface area contributed by atoms with E-state index in [9.17, 15) is 0 Å². The minimum atomic E-state index is 0.534. The Morgan fingerprint density at radius 1 is 1.16 bits per heavy atom. The average Bonchev–Trinajstić information content (AvgIpc) is 3.13. The van der Waals surface area contributed by atoms with Gasteiger partial charge in [0.15, 0.2) is 5.96 Å². The monoisotopic (exact) mass is 345 g/mol. The number of hydrogen-bond acceptors (Lipinski definition) is 4. The minimum Gasteiger partial charge on any atom is -0.496 e. The molecule has 0 fully saturated rings. The molecule has 136 valence electrons. The van der Waals surface area contributed by atoms with Crippen molar-refractivity contribution in [2.24, 2.45) is 4.99 Å². The molecule has 0 aliphatic rings. The van der Waals surface area contributed by atoms with Gasteiger partial charge in [0, 0.05) is 32.2 Å². The lowest BCUT2D eigenvalue weighted by atomic mass is 10.1. The fourth-order valence-electron chi connectivity index (χ4n) is 2.35. The van der Waals surface area contributed by atoms with E-state index in [4.69, 9.17) is 13.9 Å². The van der Waals surface area contributed by atoms with Crippen LogP contribution in [0.15, 0.2) is 46.0 Å². The first-order valence-electron chi connectivity index (χ1n) is 8.40. The molecule has 0 radical (unpaired) electrons. The highest BCUT2D eigenvalue weighted by Gasteiger charge is 2.04. The van der Waals surface area contributed by atoms with Crippen molar-refractivity contribution in [3.8, 4) is 5.75 Å². The first kappa shape index (κ1) is 18.9. The van der Waals surface area contributed by atoms with E-state index in [1.165, 1.54) is 5.56 Å². The minimum absolute atomic E-state index is 0.534. The molecular formula is C19H27N3O3. The summed E-state index contributed by atoms with van der Waals surface area (Å²) in [5.74, 6) is 2.55. The molecule has 25 heavy (non-hydrogen) atoms. The highest BCUT2D eigenvalue weighted by molar-refractivity contribution is 5.79. The van der Waals surface area contributed by atoms with Gasteiger partial charge in [0.05, 0.1) is 26.5 Å². The van der Waals surface area contributed by atoms with Gasteiger partial charge in [-0.1, -0.05) is 12.1 Å². The molecule has 0 aliphatic heterocycles. The van der Waals surface area contributed by atoms with E-state index < -0.39 is 0 Å². The number of nitrogens with zero attached hydrogens (tertiary/aromatic N) is 1. The molecule has 6 heteroatoms. The fraction of sp³-hybridized carbons (Fsp3) is 0.421. The van der Waals surface area contributed by atoms with E-state index in [2.05, 4.69) is 21.7 Å². The maximum Gasteiger partial charge on any atom is 0.191 e. The van der Waals surface area contributed by atoms with Crippen molar-refractivity contribution in [1.29, 1.82) is 0 Å². The highest BCUT2D eigenvalue weighted by Crippen LogP contribution is 2.20. The molecule has 0 aliphatic carbocycles. The second-order valence-corrected chi connectivity index (χ2v) is 5.66. The maximum atomic E-state index is 5.44. The van der Waals surface area contributed by atoms with Crippen molar-refractivity contribution in [3.05, 3.63) is 53.5 Å². The molecule has 2 aromatic rings. The zero-order valence-corrected chi connectivity index (χ0v) is 15.2. The van der Waals surface area contributed by atoms with Crippen LogP contribution in [0.1, 0.15) is 16.9 Å². The number of furan rings is 1. The number of hydrogen-bond donors (Lipinski definition) is 2. The second kappa shape index (κ2) is 10.4. The van der Waals surface area contributed by atoms with Crippen molar-refractivity contribution in [3.63, 3.8) is 0 Å². The summed E-state index contributed by atoms with van der Waals surface area (Å²) >= 11 is 0. The average molecular weight is 345 g/mol. The molecule has 2 rings (SSSR count). The summed E-state index contributed by atoms with van der Waals surface area (Å²) in [7, 11) is 3.36. The van der Waals surface area contributed by atoms with Gasteiger partial charge in [-0.05, 0) is 30.7 Å². The Hall–Kier alpha value is -2.47. The van der Waals surface area contributed by atoms with Crippen LogP contribution < -0.4 is 15.4 Å². The lowest BCUT2D eigenvalue weighted by Gasteiger charge is -2.13. The van der Waals surface area contributed by atoms with E-state index >= 15 is 0 Å². The molecule has 0 atom stereocenters. The van der Waals surface area contributed by atoms with Crippen LogP contribution >= 0.6 is 0 Å². The van der Waals surface area contributed by atoms with Crippen LogP contribution in [0.2, 0.25) is 0 Å². The molecule has 2 N–H and O–H groups in total. The third kappa shape index (κ3) is 6.51. The SMILES string of the molecule is COCCNC(=NCc1ccc(C)cc1OC)NCCc1ccco1. The zero-order chi connectivity index (χ0) is 17.9. The number of aryl methyl sites for hydroxylation is 1. The van der Waals surface area contributed by atoms with Crippen molar-refractivity contribution < 1.29 is 13.9 Å². The van der Waals surface area contributed by atoms with Crippen LogP contribution in [0.5, 0.6) is 5.75 Å². The summed E-state index contributed by atoms with van der Waals surface area (Å²) in [5.41, 5.74) is 2.21. The Kier molecular flexibility index (Phi) is 7.85. The maximum absolute atomic E-state index is 5.44. The number of guanidine groups is 1. The molecule has 1 heterocycles. The van der Waals surface area contributed by atoms with Gasteiger partial charge in [0.2, 0.25) is 0 Å². The van der Waals surface area contributed by atoms with Gasteiger partial charge in [-0.25, -0.2) is 4.99 Å². The molecule has 0 spiro atoms. The molecule has 0 amide bonds. The lowest BCUT2D eigenvalue weighted by Crippen LogP contribution is -2.40. The topological polar surface area (TPSA) is 68.0 Å². The van der Waals surface area contributed by atoms with Gasteiger partial charge in [0.25, 0.3) is 0 Å². The Balaban J connectivity index is 1.96. The Morgan fingerprint density at radius 3 is 2.72 bits per heavy atom. The quantitative estimate of drug-likeness (QED) is 0.415. The summed E-state index contributed by atoms with van der Waals surface area (Å²) in [6.07, 6.45) is 2.48. The largest absolute Gasteiger partial charge is 0.496 e. The van der Waals surface area contributed by atoms with Gasteiger partial charge >= 0.3 is 0 Å². The van der Waals surface area contributed by atoms with Crippen LogP contribution in [0.3, 0.4) is 0 Å². The summed E-state index contributed by atoms with van der Waals surface area (Å²) in [5, 5.41) is 6.58. The van der Waals surface area contributed by atoms with E-state index in [0.717, 1.165) is 36.0 Å². The van der Waals surface area contributed by atoms with E-state index in [-0.39, 0.29) is 0 Å². The molecular weight excluding hydrogens is 318 g/mol. The van der Waals surface area contributed by atoms with Crippen LogP contribution in [0.25, 0.3) is 0 Å². The van der Waals surface area contributed by atoms with Crippen LogP contribution in [0, 0.1) is 6.92 Å². The number of aliphatic imine (C=N–C) groups is 1. The predicted molar refractivity (Wildman–Crippen MR) is 99.2 cm³/mol. The van der Waals surface area contributed by atoms with E-state index in [0.29, 0.717) is 19.7 Å². The summed E-state index contributed by atoms with van der Waals surface area (Å²) in [6.45, 7) is 4.62. The molecule has 6 nitrogen and oxygen atoms in total. The third-order valence-electron chi connectivity index (χ3n) is 3.69. The second-order valence-electron chi connectivity index (χ2n) is 5.66. The van der Waals surface area contributed by atoms with Gasteiger partial charge in [0.1, 0.15) is 11.5 Å². The Bertz CT molecular complexity index is 654. The summed E-state index contributed by atoms with van der Waals surface area (Å²) in [6, 6.07) is 10.00. The molecule has 1 aromatic carbocycles. The number of methoxy groups -OCH3 is 2. The highest BCUT2D eigenvalue weighted by atomic mass is 16.5. The van der Waals surface area contributed by atoms with Gasteiger partial charge in [-0.2, -0.15) is 0 Å². The first-order valence-corrected chi connectivity index (χ1v) is 8.40. The first-order chi connectivity index (χ1) is 12.2. The van der Waals surface area contributed by atoms with Crippen LogP contribution in [-0.4, -0.2) is 39.9 Å². The van der Waals surface area contributed by atoms with Gasteiger partial charge in [-0.15, -0.1) is 0 Å². The smallest absolute Gasteiger partial charge is 0.191 e. The standard InChI is InChI=1S/C19H27N3O3/c1-15-6-7-16(18(13-15)24-3)14-22-19(21-10-12-23-2)20-9-8-17-5-4-11-25-17/h4-7,11,13H,8-10,12,14H2,1-3H3,(H2,20,21,22). The van der Waals surface area contributed by atoms with Crippen molar-refractivity contribution in [1.82, 2.24) is 10.6 Å². The number of benzene rings is 1. The number of rotatable bonds is 9. The van der Waals surface area contributed by atoms with Gasteiger partial charge < -0.3 is 24.5 Å². The number of ether oxygens (including phenoxy) is 2. The number of nitrogens with one attached hydrogen (secondary N) is 2. The Labute approximate surface area is 149 Å². The zero-order valence-electron chi connectivity index (χ0n) is 15.2. The third-order valence-corrected chi connectivity index (χ3v) is 3.69. The molecule has 1 aromatic heterocycles. The fourth-order valence-corrected chi connectivity index (χ4v) is 2.35. The summed E-state index contributed by atoms with van der Waals surface area (Å²) < 4.78 is 15.9. The van der Waals surface area contributed by atoms with Crippen molar-refractivity contribution in [2.75, 3.05) is 33.9 Å².